The first-order valence-electron chi connectivity index (χ1n) is 8.55. The van der Waals surface area contributed by atoms with Crippen molar-refractivity contribution < 1.29 is 18.4 Å². The lowest BCUT2D eigenvalue weighted by Crippen LogP contribution is -2.37. The molecular weight excluding hydrogens is 334 g/mol. The van der Waals surface area contributed by atoms with Crippen LogP contribution in [-0.2, 0) is 0 Å². The Balaban J connectivity index is 1.42. The summed E-state index contributed by atoms with van der Waals surface area (Å²) in [6.07, 6.45) is 3.08. The standard InChI is InChI=1S/C19H19N3O4/c1-24-15-5-2-4-14(12-15)18-21-20-17(26-18)13-7-9-22(10-8-13)19(23)16-6-3-11-25-16/h2-6,11-13H,7-10H2,1H3. The number of rotatable bonds is 4. The molecule has 0 N–H and O–H groups in total. The number of ether oxygens (including phenoxy) is 1. The Labute approximate surface area is 150 Å². The first-order valence-corrected chi connectivity index (χ1v) is 8.55. The molecule has 0 saturated carbocycles. The first kappa shape index (κ1) is 16.4. The highest BCUT2D eigenvalue weighted by atomic mass is 16.5. The van der Waals surface area contributed by atoms with E-state index in [2.05, 4.69) is 10.2 Å². The van der Waals surface area contributed by atoms with Crippen molar-refractivity contribution in [3.8, 4) is 17.2 Å². The van der Waals surface area contributed by atoms with Gasteiger partial charge in [0.05, 0.1) is 13.4 Å². The normalized spacial score (nSPS) is 15.2. The molecule has 26 heavy (non-hydrogen) atoms. The van der Waals surface area contributed by atoms with Gasteiger partial charge in [-0.15, -0.1) is 10.2 Å². The zero-order valence-corrected chi connectivity index (χ0v) is 14.4. The van der Waals surface area contributed by atoms with Gasteiger partial charge in [-0.2, -0.15) is 0 Å². The predicted octanol–water partition coefficient (Wildman–Crippen LogP) is 3.36. The highest BCUT2D eigenvalue weighted by Gasteiger charge is 2.28. The number of aromatic nitrogens is 2. The summed E-state index contributed by atoms with van der Waals surface area (Å²) in [5.41, 5.74) is 0.827. The highest BCUT2D eigenvalue weighted by Crippen LogP contribution is 2.30. The van der Waals surface area contributed by atoms with E-state index in [1.807, 2.05) is 24.3 Å². The van der Waals surface area contributed by atoms with Crippen LogP contribution >= 0.6 is 0 Å². The second-order valence-electron chi connectivity index (χ2n) is 6.22. The fourth-order valence-electron chi connectivity index (χ4n) is 3.16. The van der Waals surface area contributed by atoms with Gasteiger partial charge < -0.3 is 18.5 Å². The number of furan rings is 1. The molecule has 4 rings (SSSR count). The summed E-state index contributed by atoms with van der Waals surface area (Å²) in [7, 11) is 1.62. The van der Waals surface area contributed by atoms with E-state index in [9.17, 15) is 4.79 Å². The fraction of sp³-hybridized carbons (Fsp3) is 0.316. The van der Waals surface area contributed by atoms with E-state index in [0.29, 0.717) is 30.6 Å². The predicted molar refractivity (Wildman–Crippen MR) is 92.9 cm³/mol. The molecule has 0 spiro atoms. The quantitative estimate of drug-likeness (QED) is 0.715. The molecule has 0 atom stereocenters. The monoisotopic (exact) mass is 353 g/mol. The molecule has 1 aliphatic heterocycles. The van der Waals surface area contributed by atoms with Crippen molar-refractivity contribution in [2.75, 3.05) is 20.2 Å². The van der Waals surface area contributed by atoms with Crippen molar-refractivity contribution in [1.29, 1.82) is 0 Å². The lowest BCUT2D eigenvalue weighted by Gasteiger charge is -2.29. The Morgan fingerprint density at radius 2 is 2.04 bits per heavy atom. The van der Waals surface area contributed by atoms with Crippen LogP contribution in [0.2, 0.25) is 0 Å². The maximum atomic E-state index is 12.3. The first-order chi connectivity index (χ1) is 12.7. The smallest absolute Gasteiger partial charge is 0.289 e. The van der Waals surface area contributed by atoms with Gasteiger partial charge in [0.2, 0.25) is 11.8 Å². The van der Waals surface area contributed by atoms with Crippen molar-refractivity contribution in [1.82, 2.24) is 15.1 Å². The molecular formula is C19H19N3O4. The molecule has 0 radical (unpaired) electrons. The topological polar surface area (TPSA) is 81.6 Å². The summed E-state index contributed by atoms with van der Waals surface area (Å²) in [5.74, 6) is 2.30. The second-order valence-corrected chi connectivity index (χ2v) is 6.22. The van der Waals surface area contributed by atoms with Crippen LogP contribution in [0.5, 0.6) is 5.75 Å². The Kier molecular flexibility index (Phi) is 4.43. The van der Waals surface area contributed by atoms with Crippen molar-refractivity contribution in [3.05, 3.63) is 54.3 Å². The van der Waals surface area contributed by atoms with Gasteiger partial charge in [0, 0.05) is 24.6 Å². The van der Waals surface area contributed by atoms with Crippen molar-refractivity contribution in [2.45, 2.75) is 18.8 Å². The molecule has 3 aromatic rings. The van der Waals surface area contributed by atoms with E-state index in [-0.39, 0.29) is 11.8 Å². The van der Waals surface area contributed by atoms with Gasteiger partial charge in [0.15, 0.2) is 5.76 Å². The Bertz CT molecular complexity index is 880. The highest BCUT2D eigenvalue weighted by molar-refractivity contribution is 5.91. The van der Waals surface area contributed by atoms with Crippen LogP contribution in [0, 0.1) is 0 Å². The summed E-state index contributed by atoms with van der Waals surface area (Å²) in [4.78, 5) is 14.1. The molecule has 1 amide bonds. The van der Waals surface area contributed by atoms with Crippen molar-refractivity contribution in [2.24, 2.45) is 0 Å². The van der Waals surface area contributed by atoms with Gasteiger partial charge in [0.25, 0.3) is 5.91 Å². The molecule has 1 aromatic carbocycles. The third-order valence-corrected chi connectivity index (χ3v) is 4.62. The molecule has 1 saturated heterocycles. The molecule has 0 bridgehead atoms. The number of nitrogens with zero attached hydrogens (tertiary/aromatic N) is 3. The molecule has 0 aliphatic carbocycles. The van der Waals surface area contributed by atoms with E-state index in [1.54, 1.807) is 24.1 Å². The molecule has 3 heterocycles. The number of hydrogen-bond donors (Lipinski definition) is 0. The van der Waals surface area contributed by atoms with E-state index in [0.717, 1.165) is 24.2 Å². The molecule has 1 aliphatic rings. The second kappa shape index (κ2) is 7.03. The van der Waals surface area contributed by atoms with Crippen molar-refractivity contribution >= 4 is 5.91 Å². The van der Waals surface area contributed by atoms with Crippen molar-refractivity contribution in [3.63, 3.8) is 0 Å². The molecule has 134 valence electrons. The van der Waals surface area contributed by atoms with Gasteiger partial charge in [-0.1, -0.05) is 6.07 Å². The van der Waals surface area contributed by atoms with Gasteiger partial charge in [-0.05, 0) is 43.2 Å². The lowest BCUT2D eigenvalue weighted by atomic mass is 9.96. The SMILES string of the molecule is COc1cccc(-c2nnc(C3CCN(C(=O)c4ccco4)CC3)o2)c1. The zero-order chi connectivity index (χ0) is 17.9. The maximum absolute atomic E-state index is 12.3. The average molecular weight is 353 g/mol. The lowest BCUT2D eigenvalue weighted by molar-refractivity contribution is 0.0674. The summed E-state index contributed by atoms with van der Waals surface area (Å²) >= 11 is 0. The molecule has 7 heteroatoms. The van der Waals surface area contributed by atoms with Gasteiger partial charge in [0.1, 0.15) is 5.75 Å². The van der Waals surface area contributed by atoms with Crippen LogP contribution in [0.3, 0.4) is 0 Å². The number of piperidine rings is 1. The van der Waals surface area contributed by atoms with Crippen LogP contribution in [0.1, 0.15) is 35.2 Å². The fourth-order valence-corrected chi connectivity index (χ4v) is 3.16. The molecule has 2 aromatic heterocycles. The van der Waals surface area contributed by atoms with Gasteiger partial charge in [-0.25, -0.2) is 0 Å². The minimum absolute atomic E-state index is 0.0731. The molecule has 1 fully saturated rings. The van der Waals surface area contributed by atoms with Gasteiger partial charge in [-0.3, -0.25) is 4.79 Å². The van der Waals surface area contributed by atoms with Crippen LogP contribution in [0.25, 0.3) is 11.5 Å². The largest absolute Gasteiger partial charge is 0.497 e. The minimum Gasteiger partial charge on any atom is -0.497 e. The van der Waals surface area contributed by atoms with E-state index >= 15 is 0 Å². The van der Waals surface area contributed by atoms with Crippen LogP contribution in [-0.4, -0.2) is 41.2 Å². The summed E-state index contributed by atoms with van der Waals surface area (Å²) in [5, 5.41) is 8.38. The number of methoxy groups -OCH3 is 1. The van der Waals surface area contributed by atoms with Crippen LogP contribution < -0.4 is 4.74 Å². The number of hydrogen-bond acceptors (Lipinski definition) is 6. The number of carbonyl (C=O) groups excluding carboxylic acids is 1. The summed E-state index contributed by atoms with van der Waals surface area (Å²) < 4.78 is 16.3. The number of benzene rings is 1. The maximum Gasteiger partial charge on any atom is 0.289 e. The number of likely N-dealkylation sites (tertiary alicyclic amines) is 1. The zero-order valence-electron chi connectivity index (χ0n) is 14.4. The Morgan fingerprint density at radius 3 is 2.77 bits per heavy atom. The molecule has 0 unspecified atom stereocenters. The van der Waals surface area contributed by atoms with Crippen LogP contribution in [0.4, 0.5) is 0 Å². The third kappa shape index (κ3) is 3.20. The average Bonchev–Trinajstić information content (AvgIpc) is 3.40. The number of carbonyl (C=O) groups is 1. The summed E-state index contributed by atoms with van der Waals surface area (Å²) in [6, 6.07) is 10.9. The van der Waals surface area contributed by atoms with E-state index in [1.165, 1.54) is 6.26 Å². The minimum atomic E-state index is -0.0731. The molecule has 7 nitrogen and oxygen atoms in total. The summed E-state index contributed by atoms with van der Waals surface area (Å²) in [6.45, 7) is 1.28. The third-order valence-electron chi connectivity index (χ3n) is 4.62. The Hall–Kier alpha value is -3.09. The van der Waals surface area contributed by atoms with E-state index < -0.39 is 0 Å². The van der Waals surface area contributed by atoms with E-state index in [4.69, 9.17) is 13.6 Å². The van der Waals surface area contributed by atoms with Crippen LogP contribution in [0.15, 0.2) is 51.5 Å². The van der Waals surface area contributed by atoms with Gasteiger partial charge >= 0.3 is 0 Å². The number of amides is 1. The Morgan fingerprint density at radius 1 is 1.19 bits per heavy atom.